The summed E-state index contributed by atoms with van der Waals surface area (Å²) in [6.45, 7) is 1.43. The lowest BCUT2D eigenvalue weighted by atomic mass is 10.1. The van der Waals surface area contributed by atoms with Gasteiger partial charge < -0.3 is 16.0 Å². The molecule has 8 nitrogen and oxygen atoms in total. The molecular formula is C18H18N6O2. The van der Waals surface area contributed by atoms with Gasteiger partial charge in [-0.15, -0.1) is 0 Å². The Morgan fingerprint density at radius 2 is 1.85 bits per heavy atom. The summed E-state index contributed by atoms with van der Waals surface area (Å²) in [4.78, 5) is 34.2. The van der Waals surface area contributed by atoms with E-state index in [-0.39, 0.29) is 18.3 Å². The summed E-state index contributed by atoms with van der Waals surface area (Å²) in [7, 11) is 0. The van der Waals surface area contributed by atoms with Crippen molar-refractivity contribution in [2.24, 2.45) is 10.7 Å². The number of aliphatic imine (C=N–C) groups is 1. The molecule has 1 aromatic heterocycles. The number of nitrogens with one attached hydrogen (secondary N) is 3. The molecule has 2 amide bonds. The molecule has 0 spiro atoms. The summed E-state index contributed by atoms with van der Waals surface area (Å²) in [5, 5.41) is 5.44. The van der Waals surface area contributed by atoms with E-state index in [4.69, 9.17) is 5.73 Å². The Labute approximate surface area is 149 Å². The maximum absolute atomic E-state index is 12.0. The van der Waals surface area contributed by atoms with Crippen molar-refractivity contribution in [2.75, 3.05) is 10.6 Å². The van der Waals surface area contributed by atoms with Crippen LogP contribution in [0.5, 0.6) is 0 Å². The van der Waals surface area contributed by atoms with Crippen molar-refractivity contribution >= 4 is 40.4 Å². The second-order valence-corrected chi connectivity index (χ2v) is 5.67. The number of benzene rings is 2. The van der Waals surface area contributed by atoms with E-state index < -0.39 is 5.91 Å². The minimum atomic E-state index is -0.390. The van der Waals surface area contributed by atoms with E-state index in [2.05, 4.69) is 25.6 Å². The van der Waals surface area contributed by atoms with Crippen molar-refractivity contribution in [3.63, 3.8) is 0 Å². The van der Waals surface area contributed by atoms with Gasteiger partial charge in [-0.3, -0.25) is 14.9 Å². The van der Waals surface area contributed by atoms with Crippen molar-refractivity contribution in [3.8, 4) is 0 Å². The first-order chi connectivity index (χ1) is 12.5. The Balaban J connectivity index is 1.61. The Morgan fingerprint density at radius 1 is 1.12 bits per heavy atom. The van der Waals surface area contributed by atoms with Crippen LogP contribution in [-0.4, -0.2) is 27.7 Å². The van der Waals surface area contributed by atoms with Crippen molar-refractivity contribution < 1.29 is 9.59 Å². The Kier molecular flexibility index (Phi) is 4.93. The van der Waals surface area contributed by atoms with Gasteiger partial charge in [-0.05, 0) is 29.8 Å². The molecule has 0 unspecified atom stereocenters. The maximum Gasteiger partial charge on any atom is 0.253 e. The third-order valence-electron chi connectivity index (χ3n) is 3.51. The molecule has 3 rings (SSSR count). The number of para-hydroxylation sites is 2. The first-order valence-electron chi connectivity index (χ1n) is 7.95. The summed E-state index contributed by atoms with van der Waals surface area (Å²) in [5.74, 6) is -0.162. The van der Waals surface area contributed by atoms with Crippen LogP contribution in [0.25, 0.3) is 11.0 Å². The fourth-order valence-corrected chi connectivity index (χ4v) is 2.42. The zero-order valence-electron chi connectivity index (χ0n) is 14.1. The highest BCUT2D eigenvalue weighted by Crippen LogP contribution is 2.13. The lowest BCUT2D eigenvalue weighted by Crippen LogP contribution is -2.25. The molecule has 26 heavy (non-hydrogen) atoms. The number of nitrogens with zero attached hydrogens (tertiary/aromatic N) is 2. The van der Waals surface area contributed by atoms with Crippen molar-refractivity contribution in [3.05, 3.63) is 54.1 Å². The zero-order chi connectivity index (χ0) is 18.5. The van der Waals surface area contributed by atoms with Crippen LogP contribution < -0.4 is 16.4 Å². The molecule has 8 heteroatoms. The van der Waals surface area contributed by atoms with Gasteiger partial charge in [-0.1, -0.05) is 24.3 Å². The number of aromatic nitrogens is 2. The number of rotatable bonds is 4. The van der Waals surface area contributed by atoms with Crippen LogP contribution in [-0.2, 0) is 16.0 Å². The molecule has 0 fully saturated rings. The number of anilines is 2. The quantitative estimate of drug-likeness (QED) is 0.423. The normalized spacial score (nSPS) is 11.3. The average Bonchev–Trinajstić information content (AvgIpc) is 2.98. The molecular weight excluding hydrogens is 332 g/mol. The summed E-state index contributed by atoms with van der Waals surface area (Å²) in [5.41, 5.74) is 8.85. The van der Waals surface area contributed by atoms with E-state index in [0.717, 1.165) is 16.6 Å². The molecule has 0 atom stereocenters. The highest BCUT2D eigenvalue weighted by molar-refractivity contribution is 6.00. The number of imidazole rings is 1. The number of guanidine groups is 1. The molecule has 0 aliphatic carbocycles. The number of hydrogen-bond acceptors (Lipinski definition) is 3. The van der Waals surface area contributed by atoms with Crippen molar-refractivity contribution in [2.45, 2.75) is 13.3 Å². The molecule has 0 bridgehead atoms. The number of nitrogens with two attached hydrogens (primary N) is 1. The number of H-pyrrole nitrogens is 1. The fourth-order valence-electron chi connectivity index (χ4n) is 2.42. The minimum absolute atomic E-state index is 0.0380. The second-order valence-electron chi connectivity index (χ2n) is 5.67. The summed E-state index contributed by atoms with van der Waals surface area (Å²) < 4.78 is 0. The Hall–Kier alpha value is -3.68. The number of amides is 2. The molecule has 3 aromatic rings. The summed E-state index contributed by atoms with van der Waals surface area (Å²) in [6, 6.07) is 14.5. The van der Waals surface area contributed by atoms with Crippen LogP contribution in [0.4, 0.5) is 11.6 Å². The van der Waals surface area contributed by atoms with Crippen LogP contribution in [0.1, 0.15) is 12.5 Å². The average molecular weight is 350 g/mol. The van der Waals surface area contributed by atoms with Gasteiger partial charge in [-0.2, -0.15) is 4.99 Å². The van der Waals surface area contributed by atoms with Crippen LogP contribution >= 0.6 is 0 Å². The van der Waals surface area contributed by atoms with Gasteiger partial charge in [-0.25, -0.2) is 4.98 Å². The van der Waals surface area contributed by atoms with Gasteiger partial charge in [0, 0.05) is 12.6 Å². The van der Waals surface area contributed by atoms with Gasteiger partial charge in [0.2, 0.25) is 17.8 Å². The van der Waals surface area contributed by atoms with Crippen LogP contribution in [0.3, 0.4) is 0 Å². The smallest absolute Gasteiger partial charge is 0.253 e. The van der Waals surface area contributed by atoms with Gasteiger partial charge >= 0.3 is 0 Å². The largest absolute Gasteiger partial charge is 0.369 e. The summed E-state index contributed by atoms with van der Waals surface area (Å²) >= 11 is 0. The van der Waals surface area contributed by atoms with Crippen molar-refractivity contribution in [1.29, 1.82) is 0 Å². The van der Waals surface area contributed by atoms with Crippen LogP contribution in [0.2, 0.25) is 0 Å². The van der Waals surface area contributed by atoms with E-state index in [0.29, 0.717) is 11.6 Å². The lowest BCUT2D eigenvalue weighted by molar-refractivity contribution is -0.117. The fraction of sp³-hybridized carbons (Fsp3) is 0.111. The van der Waals surface area contributed by atoms with Gasteiger partial charge in [0.1, 0.15) is 0 Å². The standard InChI is InChI=1S/C18H18N6O2/c1-11(25)20-13-8-6-12(7-9-13)10-16(26)23-17(19)24-18-21-14-4-2-3-5-15(14)22-18/h2-9H,10H2,1H3,(H,20,25)(H4,19,21,22,23,24,26). The van der Waals surface area contributed by atoms with Crippen molar-refractivity contribution in [1.82, 2.24) is 9.97 Å². The molecule has 0 saturated carbocycles. The van der Waals surface area contributed by atoms with E-state index in [1.54, 1.807) is 24.3 Å². The predicted octanol–water partition coefficient (Wildman–Crippen LogP) is 2.02. The molecule has 5 N–H and O–H groups in total. The number of carbonyl (C=O) groups is 2. The maximum atomic E-state index is 12.0. The van der Waals surface area contributed by atoms with E-state index in [9.17, 15) is 9.59 Å². The van der Waals surface area contributed by atoms with Gasteiger partial charge in [0.05, 0.1) is 17.5 Å². The molecule has 0 aliphatic rings. The molecule has 1 heterocycles. The number of hydrogen-bond donors (Lipinski definition) is 4. The third-order valence-corrected chi connectivity index (χ3v) is 3.51. The first kappa shape index (κ1) is 17.2. The number of aromatic amines is 1. The van der Waals surface area contributed by atoms with E-state index >= 15 is 0 Å². The first-order valence-corrected chi connectivity index (χ1v) is 7.95. The van der Waals surface area contributed by atoms with E-state index in [1.165, 1.54) is 6.92 Å². The Bertz CT molecular complexity index is 942. The molecule has 132 valence electrons. The predicted molar refractivity (Wildman–Crippen MR) is 101 cm³/mol. The number of carbonyl (C=O) groups excluding carboxylic acids is 2. The second kappa shape index (κ2) is 7.47. The number of fused-ring (bicyclic) bond motifs is 1. The summed E-state index contributed by atoms with van der Waals surface area (Å²) in [6.07, 6.45) is 0.100. The highest BCUT2D eigenvalue weighted by atomic mass is 16.1. The van der Waals surface area contributed by atoms with Crippen LogP contribution in [0, 0.1) is 0 Å². The highest BCUT2D eigenvalue weighted by Gasteiger charge is 2.06. The SMILES string of the molecule is CC(=O)Nc1ccc(CC(=O)/N=C(/N)Nc2nc3ccccc3[nH]2)cc1. The lowest BCUT2D eigenvalue weighted by Gasteiger charge is -2.04. The van der Waals surface area contributed by atoms with E-state index in [1.807, 2.05) is 24.3 Å². The monoisotopic (exact) mass is 350 g/mol. The molecule has 0 radical (unpaired) electrons. The topological polar surface area (TPSA) is 125 Å². The Morgan fingerprint density at radius 3 is 2.54 bits per heavy atom. The third kappa shape index (κ3) is 4.44. The van der Waals surface area contributed by atoms with Gasteiger partial charge in [0.25, 0.3) is 5.91 Å². The van der Waals surface area contributed by atoms with Crippen LogP contribution in [0.15, 0.2) is 53.5 Å². The molecule has 0 saturated heterocycles. The minimum Gasteiger partial charge on any atom is -0.369 e. The zero-order valence-corrected chi connectivity index (χ0v) is 14.1. The molecule has 2 aromatic carbocycles. The molecule has 0 aliphatic heterocycles. The van der Waals surface area contributed by atoms with Gasteiger partial charge in [0.15, 0.2) is 0 Å².